The number of aliphatic imine (C=N–C) groups is 1. The molecular formula is C9H16N2OS. The average Bonchev–Trinajstić information content (AvgIpc) is 2.75. The quantitative estimate of drug-likeness (QED) is 0.741. The molecule has 0 aromatic rings. The predicted molar refractivity (Wildman–Crippen MR) is 56.3 cm³/mol. The Kier molecular flexibility index (Phi) is 3.49. The Bertz CT molecular complexity index is 190. The molecule has 1 saturated heterocycles. The topological polar surface area (TPSA) is 33.6 Å². The lowest BCUT2D eigenvalue weighted by Gasteiger charge is -2.08. The van der Waals surface area contributed by atoms with Crippen LogP contribution in [0.4, 0.5) is 0 Å². The lowest BCUT2D eigenvalue weighted by Crippen LogP contribution is -2.22. The van der Waals surface area contributed by atoms with Gasteiger partial charge in [-0.2, -0.15) is 0 Å². The largest absolute Gasteiger partial charge is 0.381 e. The van der Waals surface area contributed by atoms with Crippen LogP contribution in [0.1, 0.15) is 12.8 Å². The molecule has 74 valence electrons. The molecule has 0 spiro atoms. The summed E-state index contributed by atoms with van der Waals surface area (Å²) in [4.78, 5) is 4.34. The minimum Gasteiger partial charge on any atom is -0.381 e. The summed E-state index contributed by atoms with van der Waals surface area (Å²) in [7, 11) is 0. The fourth-order valence-corrected chi connectivity index (χ4v) is 2.40. The molecule has 0 amide bonds. The van der Waals surface area contributed by atoms with Gasteiger partial charge in [-0.3, -0.25) is 4.99 Å². The van der Waals surface area contributed by atoms with E-state index in [4.69, 9.17) is 4.74 Å². The average molecular weight is 200 g/mol. The molecule has 2 rings (SSSR count). The van der Waals surface area contributed by atoms with Crippen molar-refractivity contribution in [3.8, 4) is 0 Å². The fourth-order valence-electron chi connectivity index (χ4n) is 1.64. The van der Waals surface area contributed by atoms with E-state index in [9.17, 15) is 0 Å². The van der Waals surface area contributed by atoms with E-state index in [1.165, 1.54) is 12.8 Å². The maximum Gasteiger partial charge on any atom is 0.156 e. The summed E-state index contributed by atoms with van der Waals surface area (Å²) < 4.78 is 5.32. The second kappa shape index (κ2) is 4.86. The molecule has 3 nitrogen and oxygen atoms in total. The number of nitrogens with zero attached hydrogens (tertiary/aromatic N) is 1. The third-order valence-electron chi connectivity index (χ3n) is 2.44. The van der Waals surface area contributed by atoms with E-state index >= 15 is 0 Å². The summed E-state index contributed by atoms with van der Waals surface area (Å²) in [5, 5.41) is 4.50. The van der Waals surface area contributed by atoms with E-state index < -0.39 is 0 Å². The molecule has 0 radical (unpaired) electrons. The first kappa shape index (κ1) is 9.34. The van der Waals surface area contributed by atoms with E-state index in [0.29, 0.717) is 0 Å². The van der Waals surface area contributed by atoms with Crippen LogP contribution in [0.3, 0.4) is 0 Å². The summed E-state index contributed by atoms with van der Waals surface area (Å²) in [6.45, 7) is 3.96. The van der Waals surface area contributed by atoms with Gasteiger partial charge < -0.3 is 10.1 Å². The Morgan fingerprint density at radius 2 is 2.62 bits per heavy atom. The summed E-state index contributed by atoms with van der Waals surface area (Å²) in [6.07, 6.45) is 2.46. The van der Waals surface area contributed by atoms with Gasteiger partial charge in [0.2, 0.25) is 0 Å². The van der Waals surface area contributed by atoms with Crippen LogP contribution in [0, 0.1) is 5.92 Å². The molecule has 1 atom stereocenters. The van der Waals surface area contributed by atoms with Gasteiger partial charge in [0, 0.05) is 25.5 Å². The van der Waals surface area contributed by atoms with Gasteiger partial charge in [-0.1, -0.05) is 11.8 Å². The van der Waals surface area contributed by atoms with Crippen LogP contribution in [0.5, 0.6) is 0 Å². The third-order valence-corrected chi connectivity index (χ3v) is 3.37. The van der Waals surface area contributed by atoms with Gasteiger partial charge in [0.15, 0.2) is 5.17 Å². The Balaban J connectivity index is 1.57. The fraction of sp³-hybridized carbons (Fsp3) is 0.889. The maximum atomic E-state index is 5.32. The van der Waals surface area contributed by atoms with Gasteiger partial charge in [0.05, 0.1) is 6.54 Å². The molecular weight excluding hydrogens is 184 g/mol. The van der Waals surface area contributed by atoms with Crippen molar-refractivity contribution < 1.29 is 4.74 Å². The zero-order chi connectivity index (χ0) is 8.93. The standard InChI is InChI=1S/C9H16N2OS/c1(8-2-5-12-7-8)3-10-9-11-4-6-13-9/h8H,1-7H2,(H,10,11). The molecule has 1 fully saturated rings. The van der Waals surface area contributed by atoms with Gasteiger partial charge >= 0.3 is 0 Å². The molecule has 13 heavy (non-hydrogen) atoms. The van der Waals surface area contributed by atoms with Crippen molar-refractivity contribution in [2.45, 2.75) is 12.8 Å². The first-order valence-corrected chi connectivity index (χ1v) is 5.92. The Hall–Kier alpha value is -0.220. The summed E-state index contributed by atoms with van der Waals surface area (Å²) in [6, 6.07) is 0. The van der Waals surface area contributed by atoms with Crippen LogP contribution in [-0.4, -0.2) is 37.2 Å². The molecule has 0 aliphatic carbocycles. The molecule has 0 aromatic heterocycles. The van der Waals surface area contributed by atoms with E-state index in [0.717, 1.165) is 43.1 Å². The van der Waals surface area contributed by atoms with Crippen molar-refractivity contribution in [3.05, 3.63) is 0 Å². The minimum absolute atomic E-state index is 0.777. The van der Waals surface area contributed by atoms with Crippen LogP contribution in [-0.2, 0) is 4.74 Å². The van der Waals surface area contributed by atoms with E-state index in [-0.39, 0.29) is 0 Å². The zero-order valence-corrected chi connectivity index (χ0v) is 8.61. The van der Waals surface area contributed by atoms with Crippen LogP contribution < -0.4 is 5.32 Å². The maximum absolute atomic E-state index is 5.32. The molecule has 0 saturated carbocycles. The first-order valence-electron chi connectivity index (χ1n) is 4.94. The highest BCUT2D eigenvalue weighted by Crippen LogP contribution is 2.16. The van der Waals surface area contributed by atoms with Crippen molar-refractivity contribution in [1.82, 2.24) is 5.32 Å². The van der Waals surface area contributed by atoms with Crippen LogP contribution in [0.15, 0.2) is 4.99 Å². The summed E-state index contributed by atoms with van der Waals surface area (Å²) in [5.74, 6) is 1.93. The SMILES string of the molecule is C1CSC(NCCC2CCOC2)=N1. The Labute approximate surface area is 83.3 Å². The smallest absolute Gasteiger partial charge is 0.156 e. The van der Waals surface area contributed by atoms with Crippen LogP contribution in [0.25, 0.3) is 0 Å². The van der Waals surface area contributed by atoms with Gasteiger partial charge in [-0.05, 0) is 18.8 Å². The number of rotatable bonds is 3. The van der Waals surface area contributed by atoms with Crippen molar-refractivity contribution in [2.24, 2.45) is 10.9 Å². The van der Waals surface area contributed by atoms with Crippen LogP contribution in [0.2, 0.25) is 0 Å². The number of hydrogen-bond donors (Lipinski definition) is 1. The highest BCUT2D eigenvalue weighted by atomic mass is 32.2. The lowest BCUT2D eigenvalue weighted by atomic mass is 10.1. The Morgan fingerprint density at radius 3 is 3.31 bits per heavy atom. The highest BCUT2D eigenvalue weighted by Gasteiger charge is 2.15. The van der Waals surface area contributed by atoms with Gasteiger partial charge in [-0.25, -0.2) is 0 Å². The van der Waals surface area contributed by atoms with E-state index in [1.54, 1.807) is 0 Å². The molecule has 2 aliphatic rings. The number of ether oxygens (including phenoxy) is 1. The van der Waals surface area contributed by atoms with Gasteiger partial charge in [-0.15, -0.1) is 0 Å². The molecule has 2 heterocycles. The van der Waals surface area contributed by atoms with Crippen molar-refractivity contribution in [2.75, 3.05) is 32.1 Å². The summed E-state index contributed by atoms with van der Waals surface area (Å²) >= 11 is 1.83. The summed E-state index contributed by atoms with van der Waals surface area (Å²) in [5.41, 5.74) is 0. The number of amidine groups is 1. The molecule has 1 N–H and O–H groups in total. The number of nitrogens with one attached hydrogen (secondary N) is 1. The zero-order valence-electron chi connectivity index (χ0n) is 7.79. The number of hydrogen-bond acceptors (Lipinski definition) is 4. The van der Waals surface area contributed by atoms with E-state index in [2.05, 4.69) is 10.3 Å². The monoisotopic (exact) mass is 200 g/mol. The van der Waals surface area contributed by atoms with Crippen LogP contribution >= 0.6 is 11.8 Å². The minimum atomic E-state index is 0.777. The van der Waals surface area contributed by atoms with Crippen molar-refractivity contribution >= 4 is 16.9 Å². The second-order valence-corrected chi connectivity index (χ2v) is 4.56. The molecule has 4 heteroatoms. The lowest BCUT2D eigenvalue weighted by molar-refractivity contribution is 0.184. The van der Waals surface area contributed by atoms with Gasteiger partial charge in [0.25, 0.3) is 0 Å². The van der Waals surface area contributed by atoms with E-state index in [1.807, 2.05) is 11.8 Å². The van der Waals surface area contributed by atoms with Crippen molar-refractivity contribution in [3.63, 3.8) is 0 Å². The molecule has 2 aliphatic heterocycles. The molecule has 1 unspecified atom stereocenters. The van der Waals surface area contributed by atoms with Crippen molar-refractivity contribution in [1.29, 1.82) is 0 Å². The molecule has 0 bridgehead atoms. The third kappa shape index (κ3) is 2.88. The Morgan fingerprint density at radius 1 is 1.62 bits per heavy atom. The normalized spacial score (nSPS) is 27.7. The first-order chi connectivity index (χ1) is 6.45. The molecule has 0 aromatic carbocycles. The number of thioether (sulfide) groups is 1. The predicted octanol–water partition coefficient (Wildman–Crippen LogP) is 1.11. The highest BCUT2D eigenvalue weighted by molar-refractivity contribution is 8.14. The van der Waals surface area contributed by atoms with Gasteiger partial charge in [0.1, 0.15) is 0 Å². The second-order valence-electron chi connectivity index (χ2n) is 3.48.